The van der Waals surface area contributed by atoms with Crippen LogP contribution in [-0.2, 0) is 51.9 Å². The number of anilines is 1. The van der Waals surface area contributed by atoms with Gasteiger partial charge in [-0.3, -0.25) is 42.8 Å². The number of rotatable bonds is 26. The highest BCUT2D eigenvalue weighted by molar-refractivity contribution is 7.98. The summed E-state index contributed by atoms with van der Waals surface area (Å²) in [6.07, 6.45) is 7.00. The molecule has 1 aromatic rings. The van der Waals surface area contributed by atoms with Crippen molar-refractivity contribution >= 4 is 51.6 Å². The molecular formula is C47H88F3N7O14P2S. The number of amides is 2. The van der Waals surface area contributed by atoms with E-state index in [0.717, 1.165) is 70.0 Å². The third-order valence-corrected chi connectivity index (χ3v) is 13.0. The molecule has 74 heavy (non-hydrogen) atoms. The van der Waals surface area contributed by atoms with Gasteiger partial charge in [-0.05, 0) is 125 Å². The summed E-state index contributed by atoms with van der Waals surface area (Å²) in [5, 5.41) is 24.0. The minimum Gasteiger partial charge on any atom is -0.444 e. The number of aliphatic imine (C=N–C) groups is 1. The number of benzene rings is 1. The summed E-state index contributed by atoms with van der Waals surface area (Å²) >= 11 is 1.27. The number of nitrogens with zero attached hydrogens (tertiary/aromatic N) is 1. The molecule has 9 N–H and O–H groups in total. The molecular weight excluding hydrogens is 1040 g/mol. The fourth-order valence-corrected chi connectivity index (χ4v) is 9.15. The van der Waals surface area contributed by atoms with Crippen molar-refractivity contribution in [2.24, 2.45) is 10.7 Å². The second-order valence-corrected chi connectivity index (χ2v) is 22.5. The monoisotopic (exact) mass is 1130 g/mol. The topological polar surface area (TPSA) is 281 Å². The number of aliphatic hydroxyl groups is 2. The number of carbonyl (C=O) groups is 2. The van der Waals surface area contributed by atoms with E-state index >= 15 is 0 Å². The lowest BCUT2D eigenvalue weighted by Crippen LogP contribution is -2.47. The molecule has 1 aliphatic carbocycles. The third-order valence-electron chi connectivity index (χ3n) is 9.10. The highest BCUT2D eigenvalue weighted by Crippen LogP contribution is 2.53. The first-order valence-electron chi connectivity index (χ1n) is 25.1. The van der Waals surface area contributed by atoms with E-state index in [4.69, 9.17) is 52.6 Å². The van der Waals surface area contributed by atoms with Crippen LogP contribution in [0, 0.1) is 6.92 Å². The minimum absolute atomic E-state index is 0.0412. The summed E-state index contributed by atoms with van der Waals surface area (Å²) in [6.45, 7) is 21.5. The Morgan fingerprint density at radius 1 is 0.838 bits per heavy atom. The van der Waals surface area contributed by atoms with Gasteiger partial charge in [0.25, 0.3) is 0 Å². The number of hydrogen-bond acceptors (Lipinski definition) is 20. The molecule has 1 saturated heterocycles. The molecule has 1 saturated carbocycles. The smallest absolute Gasteiger partial charge is 0.444 e. The molecule has 1 aromatic carbocycles. The molecule has 27 heteroatoms. The van der Waals surface area contributed by atoms with Crippen LogP contribution in [0.5, 0.6) is 0 Å². The zero-order chi connectivity index (χ0) is 56.1. The van der Waals surface area contributed by atoms with Crippen molar-refractivity contribution in [1.82, 2.24) is 20.7 Å². The highest BCUT2D eigenvalue weighted by atomic mass is 32.2. The summed E-state index contributed by atoms with van der Waals surface area (Å²) < 4.78 is 109. The van der Waals surface area contributed by atoms with E-state index in [2.05, 4.69) is 37.0 Å². The lowest BCUT2D eigenvalue weighted by atomic mass is 9.96. The van der Waals surface area contributed by atoms with Crippen molar-refractivity contribution in [3.05, 3.63) is 41.7 Å². The van der Waals surface area contributed by atoms with Gasteiger partial charge in [0.15, 0.2) is 0 Å². The van der Waals surface area contributed by atoms with Crippen LogP contribution in [0.1, 0.15) is 150 Å². The van der Waals surface area contributed by atoms with E-state index in [-0.39, 0.29) is 52.2 Å². The molecule has 2 aliphatic rings. The average molecular weight is 1130 g/mol. The Morgan fingerprint density at radius 2 is 1.38 bits per heavy atom. The summed E-state index contributed by atoms with van der Waals surface area (Å²) in [5.74, 6) is 0.437. The quantitative estimate of drug-likeness (QED) is 0.0141. The van der Waals surface area contributed by atoms with Crippen molar-refractivity contribution in [1.29, 1.82) is 0 Å². The molecule has 3 rings (SSSR count). The second-order valence-electron chi connectivity index (χ2n) is 18.5. The number of nitrogens with two attached hydrogens (primary N) is 1. The molecule has 0 bridgehead atoms. The molecule has 0 radical (unpaired) electrons. The Morgan fingerprint density at radius 3 is 1.91 bits per heavy atom. The Balaban J connectivity index is 0.00000109. The van der Waals surface area contributed by atoms with Crippen LogP contribution >= 0.6 is 27.8 Å². The number of ether oxygens (including phenoxy) is 2. The molecule has 0 spiro atoms. The molecule has 1 atom stereocenters. The summed E-state index contributed by atoms with van der Waals surface area (Å²) in [7, 11) is -6.84. The van der Waals surface area contributed by atoms with Gasteiger partial charge in [-0.25, -0.2) is 23.4 Å². The summed E-state index contributed by atoms with van der Waals surface area (Å²) in [5.41, 5.74) is 4.45. The molecule has 2 amide bonds. The normalized spacial score (nSPS) is 15.3. The van der Waals surface area contributed by atoms with Gasteiger partial charge in [0.2, 0.25) is 5.96 Å². The van der Waals surface area contributed by atoms with E-state index < -0.39 is 50.8 Å². The van der Waals surface area contributed by atoms with Crippen LogP contribution in [0.3, 0.4) is 0 Å². The maximum Gasteiger partial charge on any atom is 0.474 e. The number of phosphoric ester groups is 2. The average Bonchev–Trinajstić information content (AvgIpc) is 3.72. The number of carbonyl (C=O) groups excluding carboxylic acids is 2. The zero-order valence-corrected chi connectivity index (χ0v) is 47.6. The first kappa shape index (κ1) is 70.8. The van der Waals surface area contributed by atoms with Gasteiger partial charge in [0, 0.05) is 43.6 Å². The zero-order valence-electron chi connectivity index (χ0n) is 45.0. The number of phosphoric acid groups is 2. The second kappa shape index (κ2) is 39.2. The van der Waals surface area contributed by atoms with Crippen LogP contribution in [-0.4, -0.2) is 112 Å². The fraction of sp³-hybridized carbons (Fsp3) is 0.766. The van der Waals surface area contributed by atoms with Gasteiger partial charge in [-0.2, -0.15) is 13.2 Å². The summed E-state index contributed by atoms with van der Waals surface area (Å²) in [6, 6.07) is 4.46. The van der Waals surface area contributed by atoms with Gasteiger partial charge < -0.3 is 35.5 Å². The Bertz CT molecular complexity index is 1800. The first-order chi connectivity index (χ1) is 34.7. The van der Waals surface area contributed by atoms with Crippen molar-refractivity contribution < 1.29 is 78.7 Å². The van der Waals surface area contributed by atoms with E-state index in [0.29, 0.717) is 49.1 Å². The number of alkyl halides is 3. The predicted molar refractivity (Wildman–Crippen MR) is 283 cm³/mol. The molecule has 0 aromatic heterocycles. The van der Waals surface area contributed by atoms with Crippen LogP contribution in [0.15, 0.2) is 35.6 Å². The van der Waals surface area contributed by atoms with Gasteiger partial charge in [-0.1, -0.05) is 51.5 Å². The van der Waals surface area contributed by atoms with Gasteiger partial charge in [0.1, 0.15) is 11.2 Å². The highest BCUT2D eigenvalue weighted by Gasteiger charge is 2.32. The molecule has 1 heterocycles. The van der Waals surface area contributed by atoms with Crippen molar-refractivity contribution in [2.75, 3.05) is 70.7 Å². The standard InChI is InChI=1S/C19H36N3O8P.C14H19F3N2S.C12H27N2O5P.C2H6O/c1-18(2,3)29-16(23)21-15(22-17(24)30-19(4,5)6)20-11-9-7-8-10-12-26-31(25)27-13-14-28-31;1-10-7-11(14(15,16)17)9-13(8-10)19-20-18-12-5-3-2-4-6-12;1-3-17-20(16,19-11-9-15)18-10-7-5-4-6-8-14-12(2)13;1-2-3/h7-14H2,1-6H3,(H2,20,21,22,23,24);7-9,12,18-19H,2-6H2,1H3;14-15H,2-11,13H2,1H3;3H,2H2,1H3. The van der Waals surface area contributed by atoms with Crippen LogP contribution in [0.25, 0.3) is 0 Å². The minimum atomic E-state index is -4.30. The Hall–Kier alpha value is -3.19. The molecule has 21 nitrogen and oxygen atoms in total. The van der Waals surface area contributed by atoms with Crippen LogP contribution < -0.4 is 31.1 Å². The maximum atomic E-state index is 12.7. The number of alkyl carbamates (subject to hydrolysis) is 2. The lowest BCUT2D eigenvalue weighted by Gasteiger charge is -2.22. The molecule has 1 unspecified atom stereocenters. The summed E-state index contributed by atoms with van der Waals surface area (Å²) in [4.78, 5) is 28.3. The Kier molecular flexibility index (Phi) is 37.5. The predicted octanol–water partition coefficient (Wildman–Crippen LogP) is 10.8. The largest absolute Gasteiger partial charge is 0.474 e. The number of unbranched alkanes of at least 4 members (excludes halogenated alkanes) is 6. The lowest BCUT2D eigenvalue weighted by molar-refractivity contribution is -0.137. The molecule has 2 fully saturated rings. The fourth-order valence-electron chi connectivity index (χ4n) is 6.08. The number of aliphatic hydroxyl groups excluding tert-OH is 2. The number of nitrogens with one attached hydrogen (secondary N) is 5. The number of aryl methyl sites for hydroxylation is 1. The van der Waals surface area contributed by atoms with E-state index in [1.165, 1.54) is 31.4 Å². The van der Waals surface area contributed by atoms with Crippen LogP contribution in [0.2, 0.25) is 0 Å². The van der Waals surface area contributed by atoms with Crippen LogP contribution in [0.4, 0.5) is 28.4 Å². The third kappa shape index (κ3) is 40.1. The van der Waals surface area contributed by atoms with Crippen molar-refractivity contribution in [2.45, 2.75) is 169 Å². The number of guanidine groups is 1. The van der Waals surface area contributed by atoms with E-state index in [9.17, 15) is 31.9 Å². The van der Waals surface area contributed by atoms with Crippen molar-refractivity contribution in [3.63, 3.8) is 0 Å². The van der Waals surface area contributed by atoms with Gasteiger partial charge in [-0.15, -0.1) is 0 Å². The number of hydrogen-bond donors (Lipinski definition) is 8. The maximum absolute atomic E-state index is 12.7. The molecule has 1 aliphatic heterocycles. The van der Waals surface area contributed by atoms with Gasteiger partial charge >= 0.3 is 34.0 Å². The SMILES string of the molecule is C=C(N)NCCCCCCOP(=O)(OCC)OCCO.CC(C)(C)OC(=O)NC(=NCCCCCCOP1(=O)OCCO1)NC(=O)OC(C)(C)C.CCO.Cc1cc(NSNC2CCCCC2)cc(C(F)(F)F)c1. The van der Waals surface area contributed by atoms with Crippen molar-refractivity contribution in [3.8, 4) is 0 Å². The number of halogens is 3. The Labute approximate surface area is 442 Å². The first-order valence-corrected chi connectivity index (χ1v) is 28.8. The van der Waals surface area contributed by atoms with Gasteiger partial charge in [0.05, 0.1) is 57.6 Å². The molecule has 432 valence electrons. The van der Waals surface area contributed by atoms with E-state index in [1.807, 2.05) is 0 Å². The van der Waals surface area contributed by atoms with E-state index in [1.54, 1.807) is 68.4 Å².